The number of benzene rings is 2. The smallest absolute Gasteiger partial charge is 0.270 e. The van der Waals surface area contributed by atoms with Gasteiger partial charge in [0.1, 0.15) is 5.00 Å². The highest BCUT2D eigenvalue weighted by atomic mass is 35.5. The van der Waals surface area contributed by atoms with Gasteiger partial charge < -0.3 is 5.32 Å². The van der Waals surface area contributed by atoms with Crippen LogP contribution in [-0.2, 0) is 22.9 Å². The van der Waals surface area contributed by atoms with E-state index in [0.29, 0.717) is 28.6 Å². The Morgan fingerprint density at radius 1 is 1.16 bits per heavy atom. The molecule has 0 fully saturated rings. The molecule has 196 valence electrons. The molecule has 1 aliphatic carbocycles. The van der Waals surface area contributed by atoms with E-state index in [9.17, 15) is 23.3 Å². The fourth-order valence-corrected chi connectivity index (χ4v) is 7.55. The normalized spacial score (nSPS) is 15.6. The first-order chi connectivity index (χ1) is 17.3. The Morgan fingerprint density at radius 3 is 2.46 bits per heavy atom. The van der Waals surface area contributed by atoms with Gasteiger partial charge in [0.25, 0.3) is 21.6 Å². The van der Waals surface area contributed by atoms with Crippen LogP contribution in [0.1, 0.15) is 53.6 Å². The molecule has 1 aromatic heterocycles. The number of anilines is 2. The first-order valence-corrected chi connectivity index (χ1v) is 14.4. The molecule has 0 bridgehead atoms. The molecule has 2 aromatic carbocycles. The number of sulfonamides is 1. The number of halogens is 1. The highest BCUT2D eigenvalue weighted by Crippen LogP contribution is 2.45. The van der Waals surface area contributed by atoms with Gasteiger partial charge >= 0.3 is 0 Å². The molecule has 37 heavy (non-hydrogen) atoms. The number of nitrogens with zero attached hydrogens (tertiary/aromatic N) is 1. The molecule has 1 heterocycles. The summed E-state index contributed by atoms with van der Waals surface area (Å²) in [7, 11) is -4.22. The summed E-state index contributed by atoms with van der Waals surface area (Å²) in [5.41, 5.74) is 1.75. The second kappa shape index (κ2) is 10.1. The molecule has 0 spiro atoms. The highest BCUT2D eigenvalue weighted by molar-refractivity contribution is 7.93. The van der Waals surface area contributed by atoms with Crippen molar-refractivity contribution in [1.82, 2.24) is 0 Å². The topological polar surface area (TPSA) is 118 Å². The number of hydrogen-bond acceptors (Lipinski definition) is 6. The third-order valence-corrected chi connectivity index (χ3v) is 9.76. The molecule has 1 atom stereocenters. The summed E-state index contributed by atoms with van der Waals surface area (Å²) < 4.78 is 29.4. The Balaban J connectivity index is 1.76. The Morgan fingerprint density at radius 2 is 1.84 bits per heavy atom. The molecular weight excluding hydrogens is 534 g/mol. The van der Waals surface area contributed by atoms with E-state index < -0.39 is 20.9 Å². The van der Waals surface area contributed by atoms with E-state index in [1.807, 2.05) is 0 Å². The number of nitro groups is 1. The number of nitrogens with one attached hydrogen (secondary N) is 2. The van der Waals surface area contributed by atoms with Gasteiger partial charge in [-0.3, -0.25) is 19.6 Å². The predicted octanol–water partition coefficient (Wildman–Crippen LogP) is 6.82. The monoisotopic (exact) mass is 561 g/mol. The van der Waals surface area contributed by atoms with E-state index in [-0.39, 0.29) is 26.6 Å². The lowest BCUT2D eigenvalue weighted by Crippen LogP contribution is -2.27. The number of carbonyl (C=O) groups is 1. The summed E-state index contributed by atoms with van der Waals surface area (Å²) in [6.07, 6.45) is 2.27. The van der Waals surface area contributed by atoms with Gasteiger partial charge in [-0.2, -0.15) is 0 Å². The van der Waals surface area contributed by atoms with Crippen molar-refractivity contribution in [1.29, 1.82) is 0 Å². The largest absolute Gasteiger partial charge is 0.322 e. The molecule has 0 aliphatic heterocycles. The molecule has 1 amide bonds. The maximum atomic E-state index is 13.5. The number of thiophene rings is 1. The van der Waals surface area contributed by atoms with Gasteiger partial charge in [-0.25, -0.2) is 8.42 Å². The summed E-state index contributed by atoms with van der Waals surface area (Å²) in [6.45, 7) is 8.11. The Kier molecular flexibility index (Phi) is 7.38. The molecule has 8 nitrogen and oxygen atoms in total. The molecule has 0 saturated heterocycles. The Hall–Kier alpha value is -2.95. The fraction of sp³-hybridized carbons (Fsp3) is 0.346. The zero-order valence-electron chi connectivity index (χ0n) is 20.9. The quantitative estimate of drug-likeness (QED) is 0.253. The zero-order valence-corrected chi connectivity index (χ0v) is 23.3. The van der Waals surface area contributed by atoms with Crippen LogP contribution in [0.15, 0.2) is 47.4 Å². The third kappa shape index (κ3) is 5.81. The molecule has 1 aliphatic rings. The van der Waals surface area contributed by atoms with Gasteiger partial charge in [-0.05, 0) is 72.9 Å². The molecule has 4 rings (SSSR count). The zero-order chi connectivity index (χ0) is 27.1. The first-order valence-electron chi connectivity index (χ1n) is 11.8. The number of hydrogen-bond donors (Lipinski definition) is 2. The SMILES string of the molecule is Cc1ccc([N+](=O)[O-])cc1S(=O)(=O)Nc1sc2c(c1C(=O)Nc1ccc(Cl)cc1)CC[C@H](C(C)(C)C)C2. The maximum Gasteiger partial charge on any atom is 0.270 e. The van der Waals surface area contributed by atoms with Gasteiger partial charge in [0.15, 0.2) is 0 Å². The number of amides is 1. The Labute approximate surface area is 225 Å². The second-order valence-electron chi connectivity index (χ2n) is 10.3. The average molecular weight is 562 g/mol. The van der Waals surface area contributed by atoms with Crippen LogP contribution in [0.5, 0.6) is 0 Å². The van der Waals surface area contributed by atoms with Gasteiger partial charge in [0.05, 0.1) is 15.4 Å². The first kappa shape index (κ1) is 27.1. The van der Waals surface area contributed by atoms with Crippen molar-refractivity contribution in [2.75, 3.05) is 10.0 Å². The molecule has 3 aromatic rings. The lowest BCUT2D eigenvalue weighted by atomic mass is 9.72. The summed E-state index contributed by atoms with van der Waals surface area (Å²) >= 11 is 7.22. The van der Waals surface area contributed by atoms with Crippen LogP contribution in [0.3, 0.4) is 0 Å². The van der Waals surface area contributed by atoms with Crippen LogP contribution in [0.2, 0.25) is 5.02 Å². The van der Waals surface area contributed by atoms with E-state index in [1.54, 1.807) is 31.2 Å². The van der Waals surface area contributed by atoms with Crippen molar-refractivity contribution in [3.63, 3.8) is 0 Å². The molecule has 2 N–H and O–H groups in total. The summed E-state index contributed by atoms with van der Waals surface area (Å²) in [5.74, 6) is -0.0446. The van der Waals surface area contributed by atoms with Gasteiger partial charge in [0, 0.05) is 27.7 Å². The molecule has 0 saturated carbocycles. The second-order valence-corrected chi connectivity index (χ2v) is 13.5. The van der Waals surface area contributed by atoms with Crippen LogP contribution >= 0.6 is 22.9 Å². The Bertz CT molecular complexity index is 1480. The third-order valence-electron chi connectivity index (χ3n) is 6.72. The van der Waals surface area contributed by atoms with Crippen LogP contribution in [0.25, 0.3) is 0 Å². The van der Waals surface area contributed by atoms with Crippen LogP contribution in [-0.4, -0.2) is 19.2 Å². The standard InChI is InChI=1S/C26H28ClN3O5S2/c1-15-5-11-19(30(32)33)14-22(15)37(34,35)29-25-23(24(31)28-18-9-7-17(27)8-10-18)20-12-6-16(26(2,3)4)13-21(20)36-25/h5,7-11,14,16,29H,6,12-13H2,1-4H3,(H,28,31)/t16-/m0/s1. The lowest BCUT2D eigenvalue weighted by Gasteiger charge is -2.33. The minimum Gasteiger partial charge on any atom is -0.322 e. The summed E-state index contributed by atoms with van der Waals surface area (Å²) in [4.78, 5) is 24.9. The lowest BCUT2D eigenvalue weighted by molar-refractivity contribution is -0.385. The van der Waals surface area contributed by atoms with Gasteiger partial charge in [0.2, 0.25) is 0 Å². The molecule has 0 radical (unpaired) electrons. The van der Waals surface area contributed by atoms with Gasteiger partial charge in [-0.15, -0.1) is 11.3 Å². The van der Waals surface area contributed by atoms with Crippen molar-refractivity contribution in [2.45, 2.75) is 51.9 Å². The van der Waals surface area contributed by atoms with Crippen LogP contribution in [0.4, 0.5) is 16.4 Å². The van der Waals surface area contributed by atoms with Crippen molar-refractivity contribution in [3.8, 4) is 0 Å². The van der Waals surface area contributed by atoms with E-state index in [0.717, 1.165) is 29.3 Å². The van der Waals surface area contributed by atoms with Crippen LogP contribution in [0, 0.1) is 28.4 Å². The predicted molar refractivity (Wildman–Crippen MR) is 147 cm³/mol. The number of carbonyl (C=O) groups excluding carboxylic acids is 1. The molecule has 11 heteroatoms. The number of nitro benzene ring substituents is 1. The fourth-order valence-electron chi connectivity index (χ4n) is 4.53. The number of rotatable bonds is 6. The summed E-state index contributed by atoms with van der Waals surface area (Å²) in [6, 6.07) is 10.3. The van der Waals surface area contributed by atoms with E-state index in [4.69, 9.17) is 11.6 Å². The summed E-state index contributed by atoms with van der Waals surface area (Å²) in [5, 5.41) is 14.8. The van der Waals surface area contributed by atoms with Crippen molar-refractivity contribution < 1.29 is 18.1 Å². The van der Waals surface area contributed by atoms with E-state index in [1.165, 1.54) is 23.5 Å². The van der Waals surface area contributed by atoms with E-state index >= 15 is 0 Å². The van der Waals surface area contributed by atoms with Crippen molar-refractivity contribution in [3.05, 3.63) is 79.2 Å². The molecule has 0 unspecified atom stereocenters. The van der Waals surface area contributed by atoms with Crippen LogP contribution < -0.4 is 10.0 Å². The molecular formula is C26H28ClN3O5S2. The maximum absolute atomic E-state index is 13.5. The van der Waals surface area contributed by atoms with E-state index in [2.05, 4.69) is 30.8 Å². The average Bonchev–Trinajstić information content (AvgIpc) is 3.16. The minimum absolute atomic E-state index is 0.0627. The van der Waals surface area contributed by atoms with Crippen molar-refractivity contribution in [2.24, 2.45) is 11.3 Å². The number of non-ortho nitro benzene ring substituents is 1. The number of aryl methyl sites for hydroxylation is 1. The van der Waals surface area contributed by atoms with Gasteiger partial charge in [-0.1, -0.05) is 38.4 Å². The van der Waals surface area contributed by atoms with Crippen molar-refractivity contribution >= 4 is 55.2 Å². The minimum atomic E-state index is -4.22. The highest BCUT2D eigenvalue weighted by Gasteiger charge is 2.35. The number of fused-ring (bicyclic) bond motifs is 1.